The summed E-state index contributed by atoms with van der Waals surface area (Å²) >= 11 is 0. The molecule has 2 unspecified atom stereocenters. The van der Waals surface area contributed by atoms with E-state index in [-0.39, 0.29) is 0 Å². The molecule has 3 amide bonds. The van der Waals surface area contributed by atoms with E-state index in [9.17, 15) is 14.4 Å². The third-order valence-corrected chi connectivity index (χ3v) is 3.92. The van der Waals surface area contributed by atoms with E-state index in [0.717, 1.165) is 0 Å². The molecule has 2 fully saturated rings. The molecule has 0 aliphatic carbocycles. The first kappa shape index (κ1) is 11.4. The van der Waals surface area contributed by atoms with Gasteiger partial charge in [0, 0.05) is 0 Å². The number of carbonyl (C=O) groups excluding carboxylic acids is 3. The summed E-state index contributed by atoms with van der Waals surface area (Å²) in [5, 5.41) is 5.10. The van der Waals surface area contributed by atoms with Gasteiger partial charge in [-0.1, -0.05) is 0 Å². The number of rotatable bonds is 1. The number of amides is 3. The van der Waals surface area contributed by atoms with Gasteiger partial charge in [-0.3, -0.25) is 14.4 Å². The Bertz CT molecular complexity index is 482. The minimum atomic E-state index is -1.18. The zero-order valence-electron chi connectivity index (χ0n) is 9.40. The van der Waals surface area contributed by atoms with Gasteiger partial charge in [-0.2, -0.15) is 0 Å². The van der Waals surface area contributed by atoms with Gasteiger partial charge in [-0.15, -0.1) is 0 Å². The fourth-order valence-electron chi connectivity index (χ4n) is 2.82. The van der Waals surface area contributed by atoms with E-state index in [1.54, 1.807) is 13.8 Å². The molecule has 2 rings (SSSR count). The molecule has 90 valence electrons. The van der Waals surface area contributed by atoms with Crippen molar-refractivity contribution in [3.8, 4) is 0 Å². The lowest BCUT2D eigenvalue weighted by Gasteiger charge is -2.32. The normalized spacial score (nSPS) is 43.6. The molecule has 2 saturated heterocycles. The van der Waals surface area contributed by atoms with Crippen LogP contribution in [0, 0.1) is 17.9 Å². The Morgan fingerprint density at radius 3 is 2.35 bits per heavy atom. The third-order valence-electron chi connectivity index (χ3n) is 3.92. The first-order valence-corrected chi connectivity index (χ1v) is 5.08. The summed E-state index contributed by atoms with van der Waals surface area (Å²) < 4.78 is 0. The smallest absolute Gasteiger partial charge is 0.310 e. The van der Waals surface area contributed by atoms with Crippen LogP contribution in [0.25, 0.3) is 4.85 Å². The second-order valence-corrected chi connectivity index (χ2v) is 4.75. The van der Waals surface area contributed by atoms with Gasteiger partial charge in [0.2, 0.25) is 11.8 Å². The van der Waals surface area contributed by atoms with Crippen LogP contribution in [0.1, 0.15) is 13.8 Å². The number of nitrogens with two attached hydrogens (primary N) is 1. The van der Waals surface area contributed by atoms with Crippen LogP contribution in [-0.2, 0) is 14.4 Å². The van der Waals surface area contributed by atoms with Crippen molar-refractivity contribution in [3.05, 3.63) is 11.4 Å². The lowest BCUT2D eigenvalue weighted by molar-refractivity contribution is -0.134. The third kappa shape index (κ3) is 1.07. The molecule has 0 bridgehead atoms. The minimum Gasteiger partial charge on any atom is -0.369 e. The quantitative estimate of drug-likeness (QED) is 0.375. The average molecular weight is 236 g/mol. The monoisotopic (exact) mass is 236 g/mol. The molecular weight excluding hydrogens is 224 g/mol. The van der Waals surface area contributed by atoms with Gasteiger partial charge >= 0.3 is 11.9 Å². The maximum atomic E-state index is 11.7. The Balaban J connectivity index is 2.62. The first-order valence-electron chi connectivity index (χ1n) is 5.08. The van der Waals surface area contributed by atoms with Gasteiger partial charge in [0.15, 0.2) is 0 Å². The summed E-state index contributed by atoms with van der Waals surface area (Å²) in [5.41, 5.74) is 2.95. The molecule has 0 aromatic rings. The van der Waals surface area contributed by atoms with Crippen LogP contribution in [0.2, 0.25) is 0 Å². The van der Waals surface area contributed by atoms with Crippen molar-refractivity contribution in [1.29, 1.82) is 0 Å². The van der Waals surface area contributed by atoms with E-state index in [1.807, 2.05) is 0 Å². The molecule has 0 saturated carbocycles. The minimum absolute atomic E-state index is 0.490. The van der Waals surface area contributed by atoms with Crippen LogP contribution in [0.4, 0.5) is 0 Å². The second kappa shape index (κ2) is 2.97. The number of hydrogen-bond acceptors (Lipinski definition) is 3. The zero-order valence-corrected chi connectivity index (χ0v) is 9.40. The molecule has 7 nitrogen and oxygen atoms in total. The van der Waals surface area contributed by atoms with Gasteiger partial charge in [0.25, 0.3) is 0 Å². The summed E-state index contributed by atoms with van der Waals surface area (Å²) in [6.45, 7) is 10.2. The molecule has 2 heterocycles. The number of fused-ring (bicyclic) bond motifs is 1. The van der Waals surface area contributed by atoms with Gasteiger partial charge in [0.05, 0.1) is 0 Å². The fraction of sp³-hybridized carbons (Fsp3) is 0.600. The summed E-state index contributed by atoms with van der Waals surface area (Å²) in [6, 6.07) is -1.09. The largest absolute Gasteiger partial charge is 0.369 e. The van der Waals surface area contributed by atoms with Crippen molar-refractivity contribution in [1.82, 2.24) is 10.6 Å². The van der Waals surface area contributed by atoms with Crippen molar-refractivity contribution >= 4 is 17.7 Å². The van der Waals surface area contributed by atoms with Crippen molar-refractivity contribution < 1.29 is 14.4 Å². The predicted molar refractivity (Wildman–Crippen MR) is 55.9 cm³/mol. The SMILES string of the molecule is [C-]#[N+]C1C(=O)N[C@@]2(C)NC(=O)C(C(N)=O)[C@@]12C. The van der Waals surface area contributed by atoms with Gasteiger partial charge in [-0.05, 0) is 13.8 Å². The molecule has 17 heavy (non-hydrogen) atoms. The Morgan fingerprint density at radius 2 is 1.88 bits per heavy atom. The number of hydrogen-bond donors (Lipinski definition) is 3. The number of carbonyl (C=O) groups is 3. The highest BCUT2D eigenvalue weighted by molar-refractivity contribution is 6.06. The van der Waals surface area contributed by atoms with Crippen LogP contribution in [0.15, 0.2) is 0 Å². The molecule has 0 aromatic heterocycles. The Hall–Kier alpha value is -2.10. The van der Waals surface area contributed by atoms with Crippen molar-refractivity contribution in [3.63, 3.8) is 0 Å². The molecule has 7 heteroatoms. The highest BCUT2D eigenvalue weighted by atomic mass is 16.2. The maximum absolute atomic E-state index is 11.7. The lowest BCUT2D eigenvalue weighted by atomic mass is 9.69. The molecule has 2 aliphatic heterocycles. The predicted octanol–water partition coefficient (Wildman–Crippen LogP) is -1.64. The van der Waals surface area contributed by atoms with E-state index in [0.29, 0.717) is 0 Å². The van der Waals surface area contributed by atoms with E-state index in [4.69, 9.17) is 12.3 Å². The Kier molecular flexibility index (Phi) is 1.99. The number of nitrogens with one attached hydrogen (secondary N) is 2. The van der Waals surface area contributed by atoms with Crippen LogP contribution in [0.5, 0.6) is 0 Å². The van der Waals surface area contributed by atoms with E-state index < -0.39 is 40.8 Å². The van der Waals surface area contributed by atoms with Crippen LogP contribution >= 0.6 is 0 Å². The molecule has 0 aromatic carbocycles. The first-order chi connectivity index (χ1) is 7.78. The van der Waals surface area contributed by atoms with Crippen LogP contribution in [0.3, 0.4) is 0 Å². The van der Waals surface area contributed by atoms with Gasteiger partial charge < -0.3 is 21.2 Å². The van der Waals surface area contributed by atoms with E-state index in [2.05, 4.69) is 15.5 Å². The zero-order chi connectivity index (χ0) is 13.0. The molecule has 2 aliphatic rings. The molecule has 4 N–H and O–H groups in total. The van der Waals surface area contributed by atoms with Crippen LogP contribution in [-0.4, -0.2) is 29.4 Å². The summed E-state index contributed by atoms with van der Waals surface area (Å²) in [7, 11) is 0. The van der Waals surface area contributed by atoms with Crippen LogP contribution < -0.4 is 16.4 Å². The second-order valence-electron chi connectivity index (χ2n) is 4.75. The summed E-state index contributed by atoms with van der Waals surface area (Å²) in [6.07, 6.45) is 0. The highest BCUT2D eigenvalue weighted by Crippen LogP contribution is 2.50. The molecular formula is C10H12N4O3. The maximum Gasteiger partial charge on any atom is 0.310 e. The average Bonchev–Trinajstić information content (AvgIpc) is 2.44. The van der Waals surface area contributed by atoms with E-state index in [1.165, 1.54) is 0 Å². The number of nitrogens with zero attached hydrogens (tertiary/aromatic N) is 1. The lowest BCUT2D eigenvalue weighted by Crippen LogP contribution is -2.56. The van der Waals surface area contributed by atoms with Crippen molar-refractivity contribution in [2.75, 3.05) is 0 Å². The topological polar surface area (TPSA) is 106 Å². The molecule has 4 atom stereocenters. The van der Waals surface area contributed by atoms with Gasteiger partial charge in [-0.25, -0.2) is 6.57 Å². The van der Waals surface area contributed by atoms with Gasteiger partial charge in [0.1, 0.15) is 17.0 Å². The van der Waals surface area contributed by atoms with E-state index >= 15 is 0 Å². The summed E-state index contributed by atoms with van der Waals surface area (Å²) in [4.78, 5) is 38.0. The Morgan fingerprint density at radius 1 is 1.35 bits per heavy atom. The summed E-state index contributed by atoms with van der Waals surface area (Å²) in [5.74, 6) is -3.03. The number of primary amides is 1. The Labute approximate surface area is 97.5 Å². The highest BCUT2D eigenvalue weighted by Gasteiger charge is 2.74. The molecule has 0 radical (unpaired) electrons. The molecule has 0 spiro atoms. The van der Waals surface area contributed by atoms with Crippen molar-refractivity contribution in [2.24, 2.45) is 17.1 Å². The fourth-order valence-corrected chi connectivity index (χ4v) is 2.82. The van der Waals surface area contributed by atoms with Crippen molar-refractivity contribution in [2.45, 2.75) is 25.6 Å². The standard InChI is InChI=1S/C10H12N4O3/c1-9-4(6(11)15)7(16)13-10(9,2)14-8(17)5(9)12-3/h4-5H,1-2H3,(H2,11,15)(H,13,16)(H,14,17)/t4?,5?,9-,10+/m0/s1.